The van der Waals surface area contributed by atoms with E-state index in [9.17, 15) is 14.4 Å². The summed E-state index contributed by atoms with van der Waals surface area (Å²) in [5.74, 6) is 1.04. The van der Waals surface area contributed by atoms with Crippen molar-refractivity contribution in [2.45, 2.75) is 77.7 Å². The Morgan fingerprint density at radius 3 is 2.59 bits per heavy atom. The summed E-state index contributed by atoms with van der Waals surface area (Å²) >= 11 is 0. The highest BCUT2D eigenvalue weighted by Crippen LogP contribution is 2.66. The van der Waals surface area contributed by atoms with Gasteiger partial charge in [0.2, 0.25) is 0 Å². The minimum atomic E-state index is -0.403. The van der Waals surface area contributed by atoms with Crippen LogP contribution in [0, 0.1) is 28.6 Å². The van der Waals surface area contributed by atoms with Crippen LogP contribution in [0.25, 0.3) is 0 Å². The van der Waals surface area contributed by atoms with Crippen molar-refractivity contribution in [3.63, 3.8) is 0 Å². The van der Waals surface area contributed by atoms with Crippen LogP contribution >= 0.6 is 0 Å². The molecule has 0 radical (unpaired) electrons. The van der Waals surface area contributed by atoms with Gasteiger partial charge >= 0.3 is 11.9 Å². The Bertz CT molecular complexity index is 838. The van der Waals surface area contributed by atoms with Gasteiger partial charge in [0.05, 0.1) is 6.42 Å². The van der Waals surface area contributed by atoms with Crippen molar-refractivity contribution in [2.24, 2.45) is 28.6 Å². The molecule has 0 aromatic rings. The van der Waals surface area contributed by atoms with Gasteiger partial charge in [-0.1, -0.05) is 31.1 Å². The van der Waals surface area contributed by atoms with Gasteiger partial charge in [0.25, 0.3) is 6.47 Å². The Hall–Kier alpha value is -1.91. The second-order valence-corrected chi connectivity index (χ2v) is 10.2. The number of allylic oxidation sites excluding steroid dienone is 2. The number of fused-ring (bicyclic) bond motifs is 5. The molecule has 5 rings (SSSR count). The van der Waals surface area contributed by atoms with E-state index in [1.54, 1.807) is 0 Å². The molecule has 6 atom stereocenters. The lowest BCUT2D eigenvalue weighted by Crippen LogP contribution is -2.49. The number of cyclic esters (lactones) is 2. The summed E-state index contributed by atoms with van der Waals surface area (Å²) in [4.78, 5) is 34.7. The average Bonchev–Trinajstić information content (AvgIpc) is 3.20. The fourth-order valence-electron chi connectivity index (χ4n) is 7.78. The Morgan fingerprint density at radius 1 is 1.10 bits per heavy atom. The molecule has 0 bridgehead atoms. The molecular formula is C24H30O5. The van der Waals surface area contributed by atoms with Gasteiger partial charge in [-0.05, 0) is 73.5 Å². The molecule has 0 aromatic heterocycles. The lowest BCUT2D eigenvalue weighted by Gasteiger charge is -2.57. The number of carbonyl (C=O) groups is 3. The zero-order valence-electron chi connectivity index (χ0n) is 17.4. The van der Waals surface area contributed by atoms with Crippen LogP contribution in [-0.2, 0) is 23.9 Å². The van der Waals surface area contributed by atoms with Crippen LogP contribution in [0.15, 0.2) is 22.8 Å². The summed E-state index contributed by atoms with van der Waals surface area (Å²) in [6, 6.07) is 0. The molecule has 0 spiro atoms. The second kappa shape index (κ2) is 6.55. The highest BCUT2D eigenvalue weighted by atomic mass is 16.6. The Balaban J connectivity index is 1.45. The van der Waals surface area contributed by atoms with E-state index in [4.69, 9.17) is 9.47 Å². The number of carbonyl (C=O) groups excluding carboxylic acids is 3. The van der Waals surface area contributed by atoms with Crippen LogP contribution in [0.4, 0.5) is 0 Å². The minimum Gasteiger partial charge on any atom is -0.464 e. The fraction of sp³-hybridized carbons (Fsp3) is 0.708. The maximum atomic E-state index is 12.2. The molecular weight excluding hydrogens is 368 g/mol. The summed E-state index contributed by atoms with van der Waals surface area (Å²) in [5.41, 5.74) is 3.56. The van der Waals surface area contributed by atoms with E-state index in [0.29, 0.717) is 29.8 Å². The van der Waals surface area contributed by atoms with Gasteiger partial charge in [0.1, 0.15) is 6.10 Å². The van der Waals surface area contributed by atoms with Gasteiger partial charge in [-0.3, -0.25) is 9.59 Å². The molecule has 5 nitrogen and oxygen atoms in total. The molecule has 0 unspecified atom stereocenters. The van der Waals surface area contributed by atoms with Crippen molar-refractivity contribution in [3.05, 3.63) is 22.8 Å². The van der Waals surface area contributed by atoms with Crippen LogP contribution in [0.1, 0.15) is 71.6 Å². The molecule has 4 aliphatic carbocycles. The Morgan fingerprint density at radius 2 is 1.86 bits per heavy atom. The number of esters is 2. The first-order valence-corrected chi connectivity index (χ1v) is 11.1. The highest BCUT2D eigenvalue weighted by molar-refractivity contribution is 6.06. The molecule has 0 N–H and O–H groups in total. The van der Waals surface area contributed by atoms with Crippen LogP contribution in [0.2, 0.25) is 0 Å². The summed E-state index contributed by atoms with van der Waals surface area (Å²) in [6.45, 7) is 5.35. The first kappa shape index (κ1) is 19.1. The van der Waals surface area contributed by atoms with Crippen molar-refractivity contribution in [1.82, 2.24) is 0 Å². The van der Waals surface area contributed by atoms with E-state index in [1.807, 2.05) is 0 Å². The molecule has 0 aromatic carbocycles. The predicted molar refractivity (Wildman–Crippen MR) is 105 cm³/mol. The lowest BCUT2D eigenvalue weighted by atomic mass is 9.47. The van der Waals surface area contributed by atoms with Crippen LogP contribution in [0.5, 0.6) is 0 Å². The largest absolute Gasteiger partial charge is 0.464 e. The SMILES string of the molecule is C[C@]12CC[C@H](OC=O)CC1=CC[C@@H]1[C@@H]2CC[C@]2(C)/C(=C3\CC(=O)OC3=O)CC[C@@H]12. The standard InChI is InChI=1S/C24H30O5/c1-23-9-7-15(28-13-25)11-14(23)3-4-16-18-5-6-19(17-12-21(26)29-22(17)27)24(18,2)10-8-20(16)23/h3,13,15-16,18,20H,4-12H2,1-2H3/b19-17+/t15-,16-,18-,20-,23-,24-/m0/s1. The summed E-state index contributed by atoms with van der Waals surface area (Å²) < 4.78 is 10.1. The third-order valence-electron chi connectivity index (χ3n) is 9.23. The van der Waals surface area contributed by atoms with Gasteiger partial charge in [-0.25, -0.2) is 4.79 Å². The topological polar surface area (TPSA) is 69.7 Å². The van der Waals surface area contributed by atoms with Crippen molar-refractivity contribution < 1.29 is 23.9 Å². The summed E-state index contributed by atoms with van der Waals surface area (Å²) in [6.07, 6.45) is 10.9. The average molecular weight is 398 g/mol. The predicted octanol–water partition coefficient (Wildman–Crippen LogP) is 4.26. The fourth-order valence-corrected chi connectivity index (χ4v) is 7.78. The van der Waals surface area contributed by atoms with Crippen molar-refractivity contribution in [2.75, 3.05) is 0 Å². The number of ether oxygens (including phenoxy) is 2. The van der Waals surface area contributed by atoms with Crippen LogP contribution in [-0.4, -0.2) is 24.5 Å². The monoisotopic (exact) mass is 398 g/mol. The number of hydrogen-bond donors (Lipinski definition) is 0. The van der Waals surface area contributed by atoms with Gasteiger partial charge in [-0.15, -0.1) is 0 Å². The van der Waals surface area contributed by atoms with E-state index in [-0.39, 0.29) is 23.4 Å². The maximum Gasteiger partial charge on any atom is 0.342 e. The van der Waals surface area contributed by atoms with Crippen molar-refractivity contribution in [1.29, 1.82) is 0 Å². The Kier molecular flexibility index (Phi) is 4.31. The van der Waals surface area contributed by atoms with Crippen LogP contribution < -0.4 is 0 Å². The maximum absolute atomic E-state index is 12.2. The molecule has 4 fully saturated rings. The quantitative estimate of drug-likeness (QED) is 0.229. The van der Waals surface area contributed by atoms with Crippen molar-refractivity contribution >= 4 is 18.4 Å². The molecule has 29 heavy (non-hydrogen) atoms. The van der Waals surface area contributed by atoms with Gasteiger partial charge in [0.15, 0.2) is 0 Å². The normalized spacial score (nSPS) is 46.3. The first-order chi connectivity index (χ1) is 13.9. The van der Waals surface area contributed by atoms with E-state index in [0.717, 1.165) is 51.4 Å². The van der Waals surface area contributed by atoms with E-state index < -0.39 is 11.9 Å². The lowest BCUT2D eigenvalue weighted by molar-refractivity contribution is -0.151. The first-order valence-electron chi connectivity index (χ1n) is 11.1. The van der Waals surface area contributed by atoms with Gasteiger partial charge in [-0.2, -0.15) is 0 Å². The minimum absolute atomic E-state index is 0.0136. The molecule has 5 aliphatic rings. The zero-order valence-corrected chi connectivity index (χ0v) is 17.4. The van der Waals surface area contributed by atoms with Crippen molar-refractivity contribution in [3.8, 4) is 0 Å². The van der Waals surface area contributed by atoms with E-state index in [1.165, 1.54) is 11.1 Å². The number of hydrogen-bond acceptors (Lipinski definition) is 5. The zero-order chi connectivity index (χ0) is 20.4. The molecule has 3 saturated carbocycles. The highest BCUT2D eigenvalue weighted by Gasteiger charge is 2.58. The molecule has 1 aliphatic heterocycles. The molecule has 0 amide bonds. The second-order valence-electron chi connectivity index (χ2n) is 10.2. The van der Waals surface area contributed by atoms with E-state index in [2.05, 4.69) is 19.9 Å². The molecule has 156 valence electrons. The smallest absolute Gasteiger partial charge is 0.342 e. The Labute approximate surface area is 171 Å². The van der Waals surface area contributed by atoms with E-state index >= 15 is 0 Å². The summed E-state index contributed by atoms with van der Waals surface area (Å²) in [7, 11) is 0. The number of rotatable bonds is 2. The molecule has 1 saturated heterocycles. The van der Waals surface area contributed by atoms with Gasteiger partial charge in [0, 0.05) is 12.0 Å². The van der Waals surface area contributed by atoms with Gasteiger partial charge < -0.3 is 9.47 Å². The third kappa shape index (κ3) is 2.69. The van der Waals surface area contributed by atoms with Crippen LogP contribution in [0.3, 0.4) is 0 Å². The molecule has 5 heteroatoms. The summed E-state index contributed by atoms with van der Waals surface area (Å²) in [5, 5.41) is 0. The molecule has 1 heterocycles. The third-order valence-corrected chi connectivity index (χ3v) is 9.23.